The third-order valence-electron chi connectivity index (χ3n) is 7.43. The Morgan fingerprint density at radius 2 is 2.06 bits per heavy atom. The van der Waals surface area contributed by atoms with Crippen molar-refractivity contribution >= 4 is 5.69 Å². The minimum atomic E-state index is -0.132. The van der Waals surface area contributed by atoms with Gasteiger partial charge in [0.15, 0.2) is 0 Å². The maximum absolute atomic E-state index is 13.6. The quantitative estimate of drug-likeness (QED) is 0.623. The summed E-state index contributed by atoms with van der Waals surface area (Å²) in [5.74, 6) is 0.484. The standard InChI is InChI=1S/C27H39FN2O2/c1-5-30(14-15-31)17-21-11-12-22-25(18-6-9-20(28)10-7-18)29-24-13-8-19(27(2,3)4)16-23(24)26(22)32-21/h6,8-10,13,16,18,21-22,25-26,29,31H,5,7,11-12,14-15,17H2,1-4H3/t18?,21-,22+,25+,26+/m1/s1. The van der Waals surface area contributed by atoms with E-state index >= 15 is 0 Å². The third-order valence-corrected chi connectivity index (χ3v) is 7.43. The van der Waals surface area contributed by atoms with E-state index in [1.165, 1.54) is 11.1 Å². The maximum atomic E-state index is 13.6. The van der Waals surface area contributed by atoms with Gasteiger partial charge in [0.2, 0.25) is 0 Å². The molecule has 1 unspecified atom stereocenters. The molecule has 2 aliphatic heterocycles. The van der Waals surface area contributed by atoms with Crippen molar-refractivity contribution in [3.63, 3.8) is 0 Å². The van der Waals surface area contributed by atoms with Crippen LogP contribution in [0.4, 0.5) is 10.1 Å². The molecule has 176 valence electrons. The number of fused-ring (bicyclic) bond motifs is 3. The second-order valence-electron chi connectivity index (χ2n) is 10.6. The molecule has 0 amide bonds. The van der Waals surface area contributed by atoms with Gasteiger partial charge in [0.1, 0.15) is 5.83 Å². The lowest BCUT2D eigenvalue weighted by atomic mass is 9.72. The zero-order chi connectivity index (χ0) is 22.9. The average Bonchev–Trinajstić information content (AvgIpc) is 2.78. The minimum absolute atomic E-state index is 0.0364. The first-order valence-electron chi connectivity index (χ1n) is 12.2. The number of hydrogen-bond donors (Lipinski definition) is 2. The number of ether oxygens (including phenoxy) is 1. The van der Waals surface area contributed by atoms with Gasteiger partial charge in [0.25, 0.3) is 0 Å². The van der Waals surface area contributed by atoms with Crippen molar-refractivity contribution in [3.05, 3.63) is 53.4 Å². The van der Waals surface area contributed by atoms with Crippen molar-refractivity contribution in [2.24, 2.45) is 11.8 Å². The Hall–Kier alpha value is -1.69. The van der Waals surface area contributed by atoms with E-state index in [-0.39, 0.29) is 42.0 Å². The van der Waals surface area contributed by atoms with Gasteiger partial charge in [-0.2, -0.15) is 0 Å². The second kappa shape index (κ2) is 9.66. The Morgan fingerprint density at radius 1 is 1.25 bits per heavy atom. The Morgan fingerprint density at radius 3 is 2.72 bits per heavy atom. The van der Waals surface area contributed by atoms with Crippen molar-refractivity contribution < 1.29 is 14.2 Å². The zero-order valence-electron chi connectivity index (χ0n) is 20.0. The van der Waals surface area contributed by atoms with E-state index < -0.39 is 0 Å². The molecule has 0 aromatic heterocycles. The number of anilines is 1. The first-order valence-corrected chi connectivity index (χ1v) is 12.2. The molecule has 0 spiro atoms. The van der Waals surface area contributed by atoms with Gasteiger partial charge in [-0.1, -0.05) is 45.9 Å². The van der Waals surface area contributed by atoms with Gasteiger partial charge >= 0.3 is 0 Å². The minimum Gasteiger partial charge on any atom is -0.395 e. The molecule has 1 aromatic rings. The third kappa shape index (κ3) is 4.95. The molecule has 4 rings (SSSR count). The summed E-state index contributed by atoms with van der Waals surface area (Å²) < 4.78 is 20.5. The Bertz CT molecular complexity index is 860. The summed E-state index contributed by atoms with van der Waals surface area (Å²) >= 11 is 0. The van der Waals surface area contributed by atoms with E-state index in [9.17, 15) is 9.50 Å². The average molecular weight is 443 g/mol. The molecule has 3 aliphatic rings. The molecule has 1 aliphatic carbocycles. The number of nitrogens with zero attached hydrogens (tertiary/aromatic N) is 1. The van der Waals surface area contributed by atoms with Gasteiger partial charge < -0.3 is 15.2 Å². The summed E-state index contributed by atoms with van der Waals surface area (Å²) in [7, 11) is 0. The number of likely N-dealkylation sites (N-methyl/N-ethyl adjacent to an activating group) is 1. The highest BCUT2D eigenvalue weighted by Crippen LogP contribution is 2.49. The zero-order valence-corrected chi connectivity index (χ0v) is 20.0. The lowest BCUT2D eigenvalue weighted by Gasteiger charge is -2.48. The van der Waals surface area contributed by atoms with Crippen molar-refractivity contribution in [1.29, 1.82) is 0 Å². The van der Waals surface area contributed by atoms with Crippen LogP contribution in [-0.4, -0.2) is 48.4 Å². The smallest absolute Gasteiger partial charge is 0.118 e. The van der Waals surface area contributed by atoms with Gasteiger partial charge in [-0.05, 0) is 55.0 Å². The highest BCUT2D eigenvalue weighted by molar-refractivity contribution is 5.58. The van der Waals surface area contributed by atoms with Gasteiger partial charge in [-0.3, -0.25) is 4.90 Å². The summed E-state index contributed by atoms with van der Waals surface area (Å²) in [5, 5.41) is 13.2. The molecule has 0 bridgehead atoms. The van der Waals surface area contributed by atoms with Crippen LogP contribution in [0, 0.1) is 11.8 Å². The van der Waals surface area contributed by atoms with Crippen LogP contribution >= 0.6 is 0 Å². The van der Waals surface area contributed by atoms with Crippen molar-refractivity contribution in [2.75, 3.05) is 31.6 Å². The number of benzene rings is 1. The predicted octanol–water partition coefficient (Wildman–Crippen LogP) is 5.36. The molecule has 2 heterocycles. The van der Waals surface area contributed by atoms with Gasteiger partial charge in [-0.25, -0.2) is 4.39 Å². The topological polar surface area (TPSA) is 44.7 Å². The molecule has 0 radical (unpaired) electrons. The van der Waals surface area contributed by atoms with Gasteiger partial charge in [0, 0.05) is 42.2 Å². The number of aliphatic hydroxyl groups excluding tert-OH is 1. The monoisotopic (exact) mass is 442 g/mol. The number of halogens is 1. The highest BCUT2D eigenvalue weighted by Gasteiger charge is 2.44. The summed E-state index contributed by atoms with van der Waals surface area (Å²) in [6, 6.07) is 6.99. The van der Waals surface area contributed by atoms with Crippen LogP contribution in [0.5, 0.6) is 0 Å². The van der Waals surface area contributed by atoms with E-state index in [0.717, 1.165) is 38.0 Å². The van der Waals surface area contributed by atoms with Crippen LogP contribution in [0.3, 0.4) is 0 Å². The number of aliphatic hydroxyl groups is 1. The summed E-state index contributed by atoms with van der Waals surface area (Å²) in [6.45, 7) is 11.5. The molecule has 2 N–H and O–H groups in total. The van der Waals surface area contributed by atoms with E-state index in [4.69, 9.17) is 4.74 Å². The normalized spacial score (nSPS) is 29.8. The fourth-order valence-electron chi connectivity index (χ4n) is 5.50. The van der Waals surface area contributed by atoms with Crippen LogP contribution in [0.25, 0.3) is 0 Å². The van der Waals surface area contributed by atoms with E-state index in [1.807, 2.05) is 6.08 Å². The van der Waals surface area contributed by atoms with Crippen LogP contribution in [0.2, 0.25) is 0 Å². The van der Waals surface area contributed by atoms with Gasteiger partial charge in [0.05, 0.1) is 18.8 Å². The van der Waals surface area contributed by atoms with Crippen molar-refractivity contribution in [3.8, 4) is 0 Å². The van der Waals surface area contributed by atoms with E-state index in [2.05, 4.69) is 56.1 Å². The lowest BCUT2D eigenvalue weighted by Crippen LogP contribution is -2.48. The van der Waals surface area contributed by atoms with E-state index in [0.29, 0.717) is 12.5 Å². The Kier molecular flexibility index (Phi) is 7.09. The number of nitrogens with one attached hydrogen (secondary N) is 1. The van der Waals surface area contributed by atoms with Crippen LogP contribution in [0.1, 0.15) is 64.2 Å². The first kappa shape index (κ1) is 23.5. The molecule has 5 atom stereocenters. The van der Waals surface area contributed by atoms with Crippen LogP contribution < -0.4 is 5.32 Å². The van der Waals surface area contributed by atoms with E-state index in [1.54, 1.807) is 12.2 Å². The van der Waals surface area contributed by atoms with Crippen LogP contribution in [0.15, 0.2) is 42.3 Å². The van der Waals surface area contributed by atoms with Crippen molar-refractivity contribution in [2.45, 2.75) is 70.6 Å². The Labute approximate surface area is 192 Å². The largest absolute Gasteiger partial charge is 0.395 e. The number of rotatable bonds is 6. The fourth-order valence-corrected chi connectivity index (χ4v) is 5.50. The molecule has 4 nitrogen and oxygen atoms in total. The lowest BCUT2D eigenvalue weighted by molar-refractivity contribution is -0.105. The number of allylic oxidation sites excluding steroid dienone is 3. The molecule has 5 heteroatoms. The molecule has 32 heavy (non-hydrogen) atoms. The number of hydrogen-bond acceptors (Lipinski definition) is 4. The molecule has 1 fully saturated rings. The Balaban J connectivity index is 1.63. The van der Waals surface area contributed by atoms with Gasteiger partial charge in [-0.15, -0.1) is 0 Å². The van der Waals surface area contributed by atoms with Crippen LogP contribution in [-0.2, 0) is 10.2 Å². The summed E-state index contributed by atoms with van der Waals surface area (Å²) in [6.07, 6.45) is 8.37. The predicted molar refractivity (Wildman–Crippen MR) is 129 cm³/mol. The summed E-state index contributed by atoms with van der Waals surface area (Å²) in [4.78, 5) is 2.27. The SMILES string of the molecule is CCN(CCO)C[C@H]1CC[C@@H]2[C@H](O1)c1cc(C(C)(C)C)ccc1N[C@H]2C1C=CC(F)=CC1. The van der Waals surface area contributed by atoms with Crippen molar-refractivity contribution in [1.82, 2.24) is 4.90 Å². The maximum Gasteiger partial charge on any atom is 0.118 e. The molecular formula is C27H39FN2O2. The first-order chi connectivity index (χ1) is 15.3. The fraction of sp³-hybridized carbons (Fsp3) is 0.630. The summed E-state index contributed by atoms with van der Waals surface area (Å²) in [5.41, 5.74) is 3.80. The molecule has 1 aromatic carbocycles. The second-order valence-corrected chi connectivity index (χ2v) is 10.6. The molecular weight excluding hydrogens is 403 g/mol. The highest BCUT2D eigenvalue weighted by atomic mass is 19.1. The molecule has 1 saturated heterocycles. The molecule has 0 saturated carbocycles.